The summed E-state index contributed by atoms with van der Waals surface area (Å²) in [6, 6.07) is 26.8. The fourth-order valence-corrected chi connectivity index (χ4v) is 5.53. The Morgan fingerprint density at radius 1 is 0.478 bits per heavy atom. The van der Waals surface area contributed by atoms with Crippen molar-refractivity contribution in [2.24, 2.45) is 0 Å². The zero-order chi connectivity index (χ0) is 33.1. The number of hydrogen-bond donors (Lipinski definition) is 2. The highest BCUT2D eigenvalue weighted by atomic mass is 35.5. The lowest BCUT2D eigenvalue weighted by molar-refractivity contribution is 0.0679. The molecule has 0 bridgehead atoms. The summed E-state index contributed by atoms with van der Waals surface area (Å²) in [4.78, 5) is 22.5. The largest absolute Gasteiger partial charge is 0.476 e. The van der Waals surface area contributed by atoms with Gasteiger partial charge in [0.1, 0.15) is 0 Å². The maximum atomic E-state index is 11.3. The van der Waals surface area contributed by atoms with Crippen LogP contribution in [0.2, 0.25) is 30.1 Å². The lowest BCUT2D eigenvalue weighted by Crippen LogP contribution is -2.03. The Balaban J connectivity index is 0.000000181. The fraction of sp³-hybridized carbons (Fsp3) is 0. The van der Waals surface area contributed by atoms with Crippen molar-refractivity contribution in [1.29, 1.82) is 0 Å². The third-order valence-electron chi connectivity index (χ3n) is 6.41. The normalized spacial score (nSPS) is 10.7. The number of rotatable bonds is 6. The van der Waals surface area contributed by atoms with Crippen LogP contribution in [0.3, 0.4) is 0 Å². The van der Waals surface area contributed by atoms with Crippen LogP contribution in [-0.2, 0) is 0 Å². The maximum absolute atomic E-state index is 11.3. The molecule has 0 saturated heterocycles. The fourth-order valence-electron chi connectivity index (χ4n) is 4.30. The molecule has 6 rings (SSSR count). The first kappa shape index (κ1) is 33.3. The van der Waals surface area contributed by atoms with Gasteiger partial charge in [-0.3, -0.25) is 0 Å². The average molecular weight is 735 g/mol. The van der Waals surface area contributed by atoms with Crippen LogP contribution in [0.5, 0.6) is 0 Å². The average Bonchev–Trinajstić information content (AvgIpc) is 3.65. The number of carbonyl (C=O) groups is 2. The molecule has 6 aromatic rings. The monoisotopic (exact) mass is 732 g/mol. The van der Waals surface area contributed by atoms with E-state index in [9.17, 15) is 19.8 Å². The van der Waals surface area contributed by atoms with Crippen LogP contribution < -0.4 is 0 Å². The molecule has 0 atom stereocenters. The van der Waals surface area contributed by atoms with E-state index < -0.39 is 11.9 Å². The minimum Gasteiger partial charge on any atom is -0.476 e. The van der Waals surface area contributed by atoms with Gasteiger partial charge in [-0.25, -0.2) is 19.0 Å². The highest BCUT2D eigenvalue weighted by Gasteiger charge is 2.19. The minimum atomic E-state index is -1.12. The first-order valence-electron chi connectivity index (χ1n) is 13.0. The minimum absolute atomic E-state index is 0.0824. The number of nitrogens with zero attached hydrogens (tertiary/aromatic N) is 4. The van der Waals surface area contributed by atoms with Gasteiger partial charge in [0.15, 0.2) is 11.4 Å². The molecule has 0 unspecified atom stereocenters. The van der Waals surface area contributed by atoms with E-state index in [4.69, 9.17) is 69.6 Å². The number of carboxylic acid groups (broad SMARTS) is 2. The maximum Gasteiger partial charge on any atom is 0.356 e. The second kappa shape index (κ2) is 14.2. The molecule has 0 aliphatic carbocycles. The molecule has 0 amide bonds. The van der Waals surface area contributed by atoms with Crippen LogP contribution in [0, 0.1) is 0 Å². The van der Waals surface area contributed by atoms with E-state index in [0.29, 0.717) is 52.9 Å². The molecule has 0 fully saturated rings. The first-order chi connectivity index (χ1) is 21.9. The van der Waals surface area contributed by atoms with Crippen LogP contribution in [0.25, 0.3) is 33.9 Å². The molecule has 0 spiro atoms. The van der Waals surface area contributed by atoms with Crippen molar-refractivity contribution in [1.82, 2.24) is 19.6 Å². The van der Waals surface area contributed by atoms with E-state index in [1.54, 1.807) is 84.9 Å². The van der Waals surface area contributed by atoms with Gasteiger partial charge in [-0.05, 0) is 72.8 Å². The summed E-state index contributed by atoms with van der Waals surface area (Å²) in [7, 11) is 0. The molecule has 232 valence electrons. The zero-order valence-electron chi connectivity index (χ0n) is 23.0. The highest BCUT2D eigenvalue weighted by molar-refractivity contribution is 6.36. The molecule has 4 aromatic carbocycles. The number of aromatic carboxylic acids is 2. The Bertz CT molecular complexity index is 1930. The van der Waals surface area contributed by atoms with Crippen molar-refractivity contribution in [2.45, 2.75) is 0 Å². The second-order valence-corrected chi connectivity index (χ2v) is 12.0. The van der Waals surface area contributed by atoms with E-state index in [0.717, 1.165) is 11.1 Å². The summed E-state index contributed by atoms with van der Waals surface area (Å²) in [5.74, 6) is -2.24. The van der Waals surface area contributed by atoms with Crippen molar-refractivity contribution in [3.63, 3.8) is 0 Å². The molecular weight excluding hydrogens is 717 g/mol. The number of hydrogen-bond acceptors (Lipinski definition) is 4. The highest BCUT2D eigenvalue weighted by Crippen LogP contribution is 2.32. The Labute approximate surface area is 291 Å². The smallest absolute Gasteiger partial charge is 0.356 e. The van der Waals surface area contributed by atoms with Crippen LogP contribution >= 0.6 is 69.6 Å². The van der Waals surface area contributed by atoms with Crippen LogP contribution in [0.4, 0.5) is 0 Å². The molecule has 0 saturated carbocycles. The van der Waals surface area contributed by atoms with Gasteiger partial charge in [-0.15, -0.1) is 0 Å². The van der Waals surface area contributed by atoms with Crippen molar-refractivity contribution >= 4 is 81.5 Å². The lowest BCUT2D eigenvalue weighted by atomic mass is 10.1. The molecule has 2 N–H and O–H groups in total. The van der Waals surface area contributed by atoms with E-state index in [1.807, 2.05) is 0 Å². The predicted molar refractivity (Wildman–Crippen MR) is 182 cm³/mol. The van der Waals surface area contributed by atoms with E-state index >= 15 is 0 Å². The van der Waals surface area contributed by atoms with Gasteiger partial charge in [0.2, 0.25) is 0 Å². The topological polar surface area (TPSA) is 110 Å². The summed E-state index contributed by atoms with van der Waals surface area (Å²) >= 11 is 36.1. The molecule has 0 radical (unpaired) electrons. The third-order valence-corrected chi connectivity index (χ3v) is 7.99. The van der Waals surface area contributed by atoms with Gasteiger partial charge in [-0.2, -0.15) is 10.2 Å². The van der Waals surface area contributed by atoms with E-state index in [1.165, 1.54) is 21.5 Å². The molecule has 46 heavy (non-hydrogen) atoms. The quantitative estimate of drug-likeness (QED) is 0.176. The second-order valence-electron chi connectivity index (χ2n) is 9.47. The van der Waals surface area contributed by atoms with Crippen LogP contribution in [0.1, 0.15) is 21.0 Å². The summed E-state index contributed by atoms with van der Waals surface area (Å²) in [5.41, 5.74) is 3.61. The number of benzene rings is 4. The standard InChI is InChI=1S/2C16H9Cl3N2O2/c2*17-10-3-1-9(2-4-10)15-8-13(16(22)23)20-21(15)14-6-5-11(18)7-12(14)19/h2*1-8H,(H,22,23). The zero-order valence-corrected chi connectivity index (χ0v) is 27.5. The summed E-state index contributed by atoms with van der Waals surface area (Å²) in [6.07, 6.45) is 0. The molecule has 8 nitrogen and oxygen atoms in total. The van der Waals surface area contributed by atoms with Crippen LogP contribution in [0.15, 0.2) is 97.1 Å². The van der Waals surface area contributed by atoms with Gasteiger partial charge in [0.05, 0.1) is 32.8 Å². The molecule has 2 aromatic heterocycles. The number of halogens is 6. The van der Waals surface area contributed by atoms with Crippen molar-refractivity contribution in [2.75, 3.05) is 0 Å². The van der Waals surface area contributed by atoms with Gasteiger partial charge in [-0.1, -0.05) is 93.9 Å². The number of aromatic nitrogens is 4. The van der Waals surface area contributed by atoms with Gasteiger partial charge >= 0.3 is 11.9 Å². The van der Waals surface area contributed by atoms with E-state index in [2.05, 4.69) is 10.2 Å². The lowest BCUT2D eigenvalue weighted by Gasteiger charge is -2.09. The van der Waals surface area contributed by atoms with Crippen molar-refractivity contribution in [3.05, 3.63) is 139 Å². The molecule has 0 aliphatic rings. The van der Waals surface area contributed by atoms with Crippen molar-refractivity contribution in [3.8, 4) is 33.9 Å². The molecular formula is C32H18Cl6N4O4. The SMILES string of the molecule is O=C(O)c1cc(-c2ccc(Cl)cc2)n(-c2ccc(Cl)cc2Cl)n1.O=C(O)c1cc(-c2ccc(Cl)cc2)n(-c2ccc(Cl)cc2Cl)n1. The Morgan fingerprint density at radius 2 is 0.804 bits per heavy atom. The Morgan fingerprint density at radius 3 is 1.11 bits per heavy atom. The van der Waals surface area contributed by atoms with E-state index in [-0.39, 0.29) is 11.4 Å². The first-order valence-corrected chi connectivity index (χ1v) is 15.3. The molecule has 14 heteroatoms. The van der Waals surface area contributed by atoms with Gasteiger partial charge < -0.3 is 10.2 Å². The summed E-state index contributed by atoms with van der Waals surface area (Å²) < 4.78 is 2.96. The van der Waals surface area contributed by atoms with Gasteiger partial charge in [0.25, 0.3) is 0 Å². The molecule has 0 aliphatic heterocycles. The number of carboxylic acids is 2. The summed E-state index contributed by atoms with van der Waals surface area (Å²) in [5, 5.41) is 29.6. The van der Waals surface area contributed by atoms with Gasteiger partial charge in [0, 0.05) is 31.2 Å². The molecule has 2 heterocycles. The Hall–Kier alpha value is -4.02. The van der Waals surface area contributed by atoms with Crippen LogP contribution in [-0.4, -0.2) is 41.7 Å². The summed E-state index contributed by atoms with van der Waals surface area (Å²) in [6.45, 7) is 0. The Kier molecular flexibility index (Phi) is 10.3. The third kappa shape index (κ3) is 7.50. The predicted octanol–water partition coefficient (Wildman–Crippen LogP) is 10.4. The van der Waals surface area contributed by atoms with Crippen molar-refractivity contribution < 1.29 is 19.8 Å².